The fourth-order valence-corrected chi connectivity index (χ4v) is 0.985. The molecule has 0 atom stereocenters. The molecular formula is C6H4ClNO2S. The lowest BCUT2D eigenvalue weighted by Gasteiger charge is -1.94. The summed E-state index contributed by atoms with van der Waals surface area (Å²) in [5.74, 6) is -1.08. The van der Waals surface area contributed by atoms with Gasteiger partial charge in [0.15, 0.2) is 0 Å². The first-order chi connectivity index (χ1) is 5.11. The molecule has 2 N–H and O–H groups in total. The fraction of sp³-hybridized carbons (Fsp3) is 0. The number of halogens is 1. The van der Waals surface area contributed by atoms with Crippen LogP contribution in [0.15, 0.2) is 12.3 Å². The molecule has 0 aliphatic carbocycles. The number of hydrogen-bond donors (Lipinski definition) is 2. The summed E-state index contributed by atoms with van der Waals surface area (Å²) in [4.78, 5) is 13.0. The monoisotopic (exact) mass is 189 g/mol. The fourth-order valence-electron chi connectivity index (χ4n) is 0.616. The first-order valence-corrected chi connectivity index (χ1v) is 3.51. The zero-order valence-electron chi connectivity index (χ0n) is 5.30. The van der Waals surface area contributed by atoms with Crippen LogP contribution in [0, 0.1) is 4.64 Å². The van der Waals surface area contributed by atoms with E-state index in [0.717, 1.165) is 0 Å². The maximum absolute atomic E-state index is 10.4. The summed E-state index contributed by atoms with van der Waals surface area (Å²) in [6.45, 7) is 0. The van der Waals surface area contributed by atoms with Gasteiger partial charge in [-0.05, 0) is 6.07 Å². The van der Waals surface area contributed by atoms with Gasteiger partial charge in [0, 0.05) is 6.20 Å². The number of aromatic nitrogens is 1. The van der Waals surface area contributed by atoms with Crippen molar-refractivity contribution in [1.29, 1.82) is 0 Å². The van der Waals surface area contributed by atoms with Crippen LogP contribution in [-0.4, -0.2) is 16.1 Å². The summed E-state index contributed by atoms with van der Waals surface area (Å²) >= 11 is 10.2. The normalized spacial score (nSPS) is 9.55. The number of carboxylic acid groups (broad SMARTS) is 1. The van der Waals surface area contributed by atoms with Gasteiger partial charge in [-0.15, -0.1) is 0 Å². The van der Waals surface area contributed by atoms with E-state index in [0.29, 0.717) is 5.02 Å². The molecule has 58 valence electrons. The van der Waals surface area contributed by atoms with Crippen LogP contribution in [-0.2, 0) is 0 Å². The van der Waals surface area contributed by atoms with Crippen molar-refractivity contribution < 1.29 is 9.90 Å². The highest BCUT2D eigenvalue weighted by Gasteiger charge is 2.04. The Hall–Kier alpha value is -0.870. The molecule has 0 saturated carbocycles. The number of H-pyrrole nitrogens is 1. The average molecular weight is 190 g/mol. The van der Waals surface area contributed by atoms with Gasteiger partial charge in [0.2, 0.25) is 0 Å². The van der Waals surface area contributed by atoms with E-state index < -0.39 is 5.97 Å². The minimum Gasteiger partial charge on any atom is -0.478 e. The highest BCUT2D eigenvalue weighted by atomic mass is 35.5. The van der Waals surface area contributed by atoms with E-state index in [1.54, 1.807) is 0 Å². The third kappa shape index (κ3) is 1.78. The third-order valence-corrected chi connectivity index (χ3v) is 1.65. The maximum Gasteiger partial charge on any atom is 0.338 e. The van der Waals surface area contributed by atoms with Crippen LogP contribution in [0.5, 0.6) is 0 Å². The van der Waals surface area contributed by atoms with Gasteiger partial charge in [-0.1, -0.05) is 23.8 Å². The molecule has 0 bridgehead atoms. The summed E-state index contributed by atoms with van der Waals surface area (Å²) in [5, 5.41) is 8.87. The van der Waals surface area contributed by atoms with E-state index in [1.807, 2.05) is 0 Å². The quantitative estimate of drug-likeness (QED) is 0.666. The standard InChI is InChI=1S/C6H4ClNO2S/c7-3-1-4(6(9)10)5(11)8-2-3/h1-2H,(H,8,11)(H,9,10). The summed E-state index contributed by atoms with van der Waals surface area (Å²) < 4.78 is 0.182. The van der Waals surface area contributed by atoms with E-state index in [2.05, 4.69) is 4.98 Å². The Morgan fingerprint density at radius 2 is 2.36 bits per heavy atom. The van der Waals surface area contributed by atoms with Crippen LogP contribution >= 0.6 is 23.8 Å². The lowest BCUT2D eigenvalue weighted by Crippen LogP contribution is -1.98. The van der Waals surface area contributed by atoms with Crippen LogP contribution in [0.2, 0.25) is 5.02 Å². The van der Waals surface area contributed by atoms with E-state index in [-0.39, 0.29) is 10.2 Å². The van der Waals surface area contributed by atoms with Crippen molar-refractivity contribution >= 4 is 29.8 Å². The molecule has 1 aromatic heterocycles. The Morgan fingerprint density at radius 1 is 1.73 bits per heavy atom. The molecule has 5 heteroatoms. The smallest absolute Gasteiger partial charge is 0.338 e. The molecule has 0 fully saturated rings. The summed E-state index contributed by atoms with van der Waals surface area (Å²) in [5.41, 5.74) is 0.0208. The number of aromatic carboxylic acids is 1. The van der Waals surface area contributed by atoms with Crippen molar-refractivity contribution in [2.24, 2.45) is 0 Å². The topological polar surface area (TPSA) is 53.1 Å². The molecule has 3 nitrogen and oxygen atoms in total. The molecule has 0 aromatic carbocycles. The number of carbonyl (C=O) groups is 1. The van der Waals surface area contributed by atoms with Gasteiger partial charge in [0.1, 0.15) is 4.64 Å². The average Bonchev–Trinajstić information content (AvgIpc) is 1.94. The molecule has 0 amide bonds. The Morgan fingerprint density at radius 3 is 2.82 bits per heavy atom. The highest BCUT2D eigenvalue weighted by Crippen LogP contribution is 2.09. The molecule has 0 spiro atoms. The van der Waals surface area contributed by atoms with Crippen molar-refractivity contribution in [3.63, 3.8) is 0 Å². The van der Waals surface area contributed by atoms with Crippen LogP contribution in [0.3, 0.4) is 0 Å². The van der Waals surface area contributed by atoms with Crippen molar-refractivity contribution in [3.05, 3.63) is 27.5 Å². The summed E-state index contributed by atoms with van der Waals surface area (Å²) in [6.07, 6.45) is 1.44. The van der Waals surface area contributed by atoms with Gasteiger partial charge in [-0.25, -0.2) is 4.79 Å². The lowest BCUT2D eigenvalue weighted by atomic mass is 10.3. The second-order valence-electron chi connectivity index (χ2n) is 1.87. The number of rotatable bonds is 1. The number of pyridine rings is 1. The summed E-state index contributed by atoms with van der Waals surface area (Å²) in [6, 6.07) is 1.31. The van der Waals surface area contributed by atoms with Crippen LogP contribution in [0.1, 0.15) is 10.4 Å². The predicted octanol–water partition coefficient (Wildman–Crippen LogP) is 2.10. The van der Waals surface area contributed by atoms with Crippen molar-refractivity contribution in [3.8, 4) is 0 Å². The Labute approximate surface area is 72.6 Å². The number of aromatic amines is 1. The molecule has 0 saturated heterocycles. The second-order valence-corrected chi connectivity index (χ2v) is 2.71. The number of nitrogens with one attached hydrogen (secondary N) is 1. The first-order valence-electron chi connectivity index (χ1n) is 2.73. The zero-order chi connectivity index (χ0) is 8.43. The molecule has 0 radical (unpaired) electrons. The van der Waals surface area contributed by atoms with Gasteiger partial charge in [0.05, 0.1) is 10.6 Å². The molecule has 0 aliphatic heterocycles. The third-order valence-electron chi connectivity index (χ3n) is 1.10. The van der Waals surface area contributed by atoms with Crippen LogP contribution < -0.4 is 0 Å². The lowest BCUT2D eigenvalue weighted by molar-refractivity contribution is 0.0696. The van der Waals surface area contributed by atoms with Gasteiger partial charge >= 0.3 is 5.97 Å². The zero-order valence-corrected chi connectivity index (χ0v) is 6.87. The molecule has 0 aliphatic rings. The molecular weight excluding hydrogens is 186 g/mol. The van der Waals surface area contributed by atoms with Gasteiger partial charge in [-0.2, -0.15) is 0 Å². The minimum atomic E-state index is -1.08. The molecule has 0 unspecified atom stereocenters. The number of carboxylic acids is 1. The SMILES string of the molecule is O=C(O)c1cc(Cl)c[nH]c1=S. The summed E-state index contributed by atoms with van der Waals surface area (Å²) in [7, 11) is 0. The largest absolute Gasteiger partial charge is 0.478 e. The first kappa shape index (κ1) is 8.23. The van der Waals surface area contributed by atoms with Crippen molar-refractivity contribution in [1.82, 2.24) is 4.98 Å². The minimum absolute atomic E-state index is 0.0208. The highest BCUT2D eigenvalue weighted by molar-refractivity contribution is 7.71. The van der Waals surface area contributed by atoms with Gasteiger partial charge < -0.3 is 10.1 Å². The Balaban J connectivity index is 3.35. The maximum atomic E-state index is 10.4. The van der Waals surface area contributed by atoms with E-state index in [4.69, 9.17) is 28.9 Å². The van der Waals surface area contributed by atoms with E-state index >= 15 is 0 Å². The Kier molecular flexibility index (Phi) is 2.26. The van der Waals surface area contributed by atoms with Gasteiger partial charge in [0.25, 0.3) is 0 Å². The van der Waals surface area contributed by atoms with Crippen LogP contribution in [0.4, 0.5) is 0 Å². The molecule has 1 aromatic rings. The van der Waals surface area contributed by atoms with E-state index in [9.17, 15) is 4.79 Å². The predicted molar refractivity (Wildman–Crippen MR) is 43.6 cm³/mol. The van der Waals surface area contributed by atoms with Crippen molar-refractivity contribution in [2.45, 2.75) is 0 Å². The van der Waals surface area contributed by atoms with Crippen molar-refractivity contribution in [2.75, 3.05) is 0 Å². The number of hydrogen-bond acceptors (Lipinski definition) is 2. The van der Waals surface area contributed by atoms with Gasteiger partial charge in [-0.3, -0.25) is 0 Å². The molecule has 11 heavy (non-hydrogen) atoms. The van der Waals surface area contributed by atoms with E-state index in [1.165, 1.54) is 12.3 Å². The molecule has 1 rings (SSSR count). The molecule has 1 heterocycles. The van der Waals surface area contributed by atoms with Crippen LogP contribution in [0.25, 0.3) is 0 Å². The Bertz CT molecular complexity index is 347. The second kappa shape index (κ2) is 3.02.